The number of carbonyl (C=O) groups is 1. The van der Waals surface area contributed by atoms with Gasteiger partial charge < -0.3 is 29.7 Å². The average Bonchev–Trinajstić information content (AvgIpc) is 2.75. The van der Waals surface area contributed by atoms with Gasteiger partial charge in [-0.1, -0.05) is 6.07 Å². The summed E-state index contributed by atoms with van der Waals surface area (Å²) >= 11 is 0. The van der Waals surface area contributed by atoms with E-state index >= 15 is 0 Å². The first kappa shape index (κ1) is 26.3. The van der Waals surface area contributed by atoms with E-state index in [9.17, 15) is 4.79 Å². The van der Waals surface area contributed by atoms with Crippen molar-refractivity contribution in [1.29, 1.82) is 0 Å². The molecular formula is C21H35IN4O4. The average molecular weight is 534 g/mol. The molecule has 1 amide bonds. The van der Waals surface area contributed by atoms with E-state index in [1.54, 1.807) is 28.3 Å². The highest BCUT2D eigenvalue weighted by atomic mass is 127. The molecule has 0 aromatic heterocycles. The Bertz CT molecular complexity index is 679. The predicted octanol–water partition coefficient (Wildman–Crippen LogP) is 2.06. The minimum absolute atomic E-state index is 0. The highest BCUT2D eigenvalue weighted by Crippen LogP contribution is 2.27. The van der Waals surface area contributed by atoms with Crippen molar-refractivity contribution >= 4 is 35.8 Å². The monoisotopic (exact) mass is 534 g/mol. The van der Waals surface area contributed by atoms with Crippen LogP contribution in [-0.2, 0) is 16.0 Å². The Morgan fingerprint density at radius 1 is 1.20 bits per heavy atom. The van der Waals surface area contributed by atoms with Crippen LogP contribution in [0.1, 0.15) is 24.8 Å². The normalized spacial score (nSPS) is 16.3. The molecule has 0 bridgehead atoms. The van der Waals surface area contributed by atoms with Crippen molar-refractivity contribution in [2.75, 3.05) is 54.6 Å². The summed E-state index contributed by atoms with van der Waals surface area (Å²) in [5.74, 6) is 2.00. The zero-order valence-electron chi connectivity index (χ0n) is 18.4. The highest BCUT2D eigenvalue weighted by Gasteiger charge is 2.14. The number of methoxy groups -OCH3 is 2. The number of ether oxygens (including phenoxy) is 3. The summed E-state index contributed by atoms with van der Waals surface area (Å²) in [5, 5.41) is 6.62. The van der Waals surface area contributed by atoms with E-state index in [0.717, 1.165) is 31.4 Å². The van der Waals surface area contributed by atoms with Crippen LogP contribution in [0.4, 0.5) is 0 Å². The van der Waals surface area contributed by atoms with Crippen molar-refractivity contribution in [1.82, 2.24) is 15.5 Å². The van der Waals surface area contributed by atoms with Crippen molar-refractivity contribution in [2.24, 2.45) is 4.99 Å². The van der Waals surface area contributed by atoms with E-state index in [1.165, 1.54) is 11.3 Å². The zero-order valence-corrected chi connectivity index (χ0v) is 20.7. The molecule has 9 heteroatoms. The molecule has 1 atom stereocenters. The lowest BCUT2D eigenvalue weighted by atomic mass is 10.1. The van der Waals surface area contributed by atoms with Gasteiger partial charge in [-0.3, -0.25) is 4.79 Å². The standard InChI is InChI=1S/C21H34N4O4.HI/c1-25(2)20(26)15-24-21(23-14-17-7-5-6-12-29-17)22-11-10-16-8-9-18(27-3)19(13-16)28-4;/h8-9,13,17H,5-7,10-12,14-15H2,1-4H3,(H2,22,23,24);1H. The Kier molecular flexibility index (Phi) is 12.5. The molecule has 1 aliphatic rings. The van der Waals surface area contributed by atoms with Crippen molar-refractivity contribution in [3.05, 3.63) is 23.8 Å². The number of nitrogens with zero attached hydrogens (tertiary/aromatic N) is 2. The smallest absolute Gasteiger partial charge is 0.243 e. The first-order valence-electron chi connectivity index (χ1n) is 10.1. The number of hydrogen-bond donors (Lipinski definition) is 2. The molecule has 1 aromatic carbocycles. The number of aliphatic imine (C=N–C) groups is 1. The van der Waals surface area contributed by atoms with Gasteiger partial charge in [0.05, 0.1) is 20.3 Å². The lowest BCUT2D eigenvalue weighted by molar-refractivity contribution is -0.127. The van der Waals surface area contributed by atoms with Gasteiger partial charge in [-0.25, -0.2) is 4.99 Å². The molecule has 8 nitrogen and oxygen atoms in total. The first-order valence-corrected chi connectivity index (χ1v) is 10.1. The van der Waals surface area contributed by atoms with Crippen LogP contribution in [0.5, 0.6) is 11.5 Å². The topological polar surface area (TPSA) is 84.4 Å². The highest BCUT2D eigenvalue weighted by molar-refractivity contribution is 14.0. The van der Waals surface area contributed by atoms with Crippen LogP contribution in [0.3, 0.4) is 0 Å². The van der Waals surface area contributed by atoms with E-state index < -0.39 is 0 Å². The van der Waals surface area contributed by atoms with Crippen LogP contribution in [0.15, 0.2) is 23.2 Å². The molecule has 0 radical (unpaired) electrons. The summed E-state index contributed by atoms with van der Waals surface area (Å²) in [4.78, 5) is 17.9. The number of benzene rings is 1. The van der Waals surface area contributed by atoms with Crippen LogP contribution in [0.25, 0.3) is 0 Å². The van der Waals surface area contributed by atoms with E-state index in [4.69, 9.17) is 14.2 Å². The fourth-order valence-electron chi connectivity index (χ4n) is 3.00. The van der Waals surface area contributed by atoms with Crippen LogP contribution < -0.4 is 20.1 Å². The Hall–Kier alpha value is -1.75. The van der Waals surface area contributed by atoms with Crippen LogP contribution >= 0.6 is 24.0 Å². The fraction of sp³-hybridized carbons (Fsp3) is 0.619. The van der Waals surface area contributed by atoms with Gasteiger partial charge in [0.1, 0.15) is 6.54 Å². The number of guanidine groups is 1. The van der Waals surface area contributed by atoms with Crippen LogP contribution in [0, 0.1) is 0 Å². The molecule has 0 spiro atoms. The molecule has 1 heterocycles. The summed E-state index contributed by atoms with van der Waals surface area (Å²) < 4.78 is 16.4. The van der Waals surface area contributed by atoms with Gasteiger partial charge in [-0.05, 0) is 43.4 Å². The van der Waals surface area contributed by atoms with Crippen molar-refractivity contribution in [3.63, 3.8) is 0 Å². The molecule has 1 fully saturated rings. The van der Waals surface area contributed by atoms with Crippen molar-refractivity contribution in [2.45, 2.75) is 31.8 Å². The maximum atomic E-state index is 11.9. The predicted molar refractivity (Wildman–Crippen MR) is 129 cm³/mol. The lowest BCUT2D eigenvalue weighted by Crippen LogP contribution is -2.43. The summed E-state index contributed by atoms with van der Waals surface area (Å²) in [5.41, 5.74) is 1.12. The number of halogens is 1. The van der Waals surface area contributed by atoms with Gasteiger partial charge in [0.2, 0.25) is 5.91 Å². The molecule has 1 unspecified atom stereocenters. The van der Waals surface area contributed by atoms with E-state index in [2.05, 4.69) is 15.6 Å². The fourth-order valence-corrected chi connectivity index (χ4v) is 3.00. The van der Waals surface area contributed by atoms with Gasteiger partial charge >= 0.3 is 0 Å². The number of nitrogens with one attached hydrogen (secondary N) is 2. The molecule has 0 saturated carbocycles. The van der Waals surface area contributed by atoms with Crippen molar-refractivity contribution < 1.29 is 19.0 Å². The molecule has 0 aliphatic carbocycles. The Morgan fingerprint density at radius 2 is 1.97 bits per heavy atom. The Morgan fingerprint density at radius 3 is 2.60 bits per heavy atom. The molecule has 30 heavy (non-hydrogen) atoms. The number of carbonyl (C=O) groups excluding carboxylic acids is 1. The van der Waals surface area contributed by atoms with Crippen LogP contribution in [-0.4, -0.2) is 77.4 Å². The third kappa shape index (κ3) is 8.95. The number of likely N-dealkylation sites (N-methyl/N-ethyl adjacent to an activating group) is 1. The Labute approximate surface area is 196 Å². The molecular weight excluding hydrogens is 499 g/mol. The second-order valence-electron chi connectivity index (χ2n) is 7.19. The Balaban J connectivity index is 0.00000450. The second kappa shape index (κ2) is 14.3. The summed E-state index contributed by atoms with van der Waals surface area (Å²) in [6.07, 6.45) is 4.32. The molecule has 2 rings (SSSR count). The van der Waals surface area contributed by atoms with E-state index in [-0.39, 0.29) is 42.5 Å². The van der Waals surface area contributed by atoms with Gasteiger partial charge in [-0.15, -0.1) is 24.0 Å². The maximum Gasteiger partial charge on any atom is 0.243 e. The summed E-state index contributed by atoms with van der Waals surface area (Å²) in [7, 11) is 6.71. The minimum atomic E-state index is -0.0418. The largest absolute Gasteiger partial charge is 0.493 e. The molecule has 1 aromatic rings. The van der Waals surface area contributed by atoms with Gasteiger partial charge in [0.15, 0.2) is 17.5 Å². The minimum Gasteiger partial charge on any atom is -0.493 e. The number of rotatable bonds is 9. The first-order chi connectivity index (χ1) is 14.0. The summed E-state index contributed by atoms with van der Waals surface area (Å²) in [6.45, 7) is 2.26. The number of hydrogen-bond acceptors (Lipinski definition) is 5. The maximum absolute atomic E-state index is 11.9. The molecule has 2 N–H and O–H groups in total. The molecule has 170 valence electrons. The van der Waals surface area contributed by atoms with E-state index in [1.807, 2.05) is 18.2 Å². The molecule has 1 saturated heterocycles. The summed E-state index contributed by atoms with van der Waals surface area (Å²) in [6, 6.07) is 5.88. The van der Waals surface area contributed by atoms with Gasteiger partial charge in [-0.2, -0.15) is 0 Å². The lowest BCUT2D eigenvalue weighted by Gasteiger charge is -2.24. The van der Waals surface area contributed by atoms with Gasteiger partial charge in [0, 0.05) is 33.8 Å². The van der Waals surface area contributed by atoms with E-state index in [0.29, 0.717) is 30.5 Å². The van der Waals surface area contributed by atoms with Crippen molar-refractivity contribution in [3.8, 4) is 11.5 Å². The zero-order chi connectivity index (χ0) is 21.1. The second-order valence-corrected chi connectivity index (χ2v) is 7.19. The van der Waals surface area contributed by atoms with Gasteiger partial charge in [0.25, 0.3) is 0 Å². The number of amides is 1. The SMILES string of the molecule is COc1ccc(CCNC(=NCC(=O)N(C)C)NCC2CCCCO2)cc1OC.I. The molecule has 1 aliphatic heterocycles. The van der Waals surface area contributed by atoms with Crippen LogP contribution in [0.2, 0.25) is 0 Å². The third-order valence-electron chi connectivity index (χ3n) is 4.80. The third-order valence-corrected chi connectivity index (χ3v) is 4.80. The quantitative estimate of drug-likeness (QED) is 0.287.